The number of aromatic nitrogens is 4. The molecule has 1 atom stereocenters. The number of nitrogens with zero attached hydrogens (tertiary/aromatic N) is 5. The molecule has 0 spiro atoms. The van der Waals surface area contributed by atoms with Crippen LogP contribution in [0.3, 0.4) is 0 Å². The van der Waals surface area contributed by atoms with E-state index in [9.17, 15) is 14.3 Å². The first-order chi connectivity index (χ1) is 15.3. The first kappa shape index (κ1) is 20.3. The summed E-state index contributed by atoms with van der Waals surface area (Å²) in [4.78, 5) is 19.4. The largest absolute Gasteiger partial charge is 0.506 e. The number of fused-ring (bicyclic) bond motifs is 2. The maximum absolute atomic E-state index is 14.4. The minimum atomic E-state index is -0.537. The number of carbonyl (C=O) groups is 1. The number of anilines is 2. The molecule has 4 aromatic rings. The van der Waals surface area contributed by atoms with Gasteiger partial charge in [-0.1, -0.05) is 0 Å². The predicted molar refractivity (Wildman–Crippen MR) is 120 cm³/mol. The Morgan fingerprint density at radius 3 is 2.84 bits per heavy atom. The van der Waals surface area contributed by atoms with E-state index in [1.54, 1.807) is 37.2 Å². The van der Waals surface area contributed by atoms with Crippen molar-refractivity contribution in [3.8, 4) is 5.75 Å². The summed E-state index contributed by atoms with van der Waals surface area (Å²) in [5, 5.41) is 22.0. The van der Waals surface area contributed by atoms with Crippen LogP contribution in [-0.4, -0.2) is 56.4 Å². The molecule has 32 heavy (non-hydrogen) atoms. The number of hydrogen-bond donors (Lipinski definition) is 3. The molecule has 1 aromatic carbocycles. The van der Waals surface area contributed by atoms with Gasteiger partial charge in [0.15, 0.2) is 11.5 Å². The average Bonchev–Trinajstić information content (AvgIpc) is 3.45. The lowest BCUT2D eigenvalue weighted by Gasteiger charge is -2.21. The maximum Gasteiger partial charge on any atom is 0.258 e. The molecule has 0 aliphatic carbocycles. The number of imidazole rings is 1. The number of likely N-dealkylation sites (N-methyl/N-ethyl adjacent to an activating group) is 1. The fraction of sp³-hybridized carbons (Fsp3) is 0.318. The molecule has 9 nitrogen and oxygen atoms in total. The standard InChI is InChI=1S/C22H24FN7O2/c1-12-8-30-10-14(6-17(23)21(30)25-12)26-22(32)15-7-18(31)20(16-11-28(3)27-19(15)16)29-5-4-13(9-29)24-2/h6-8,10-11,13,24,31H,4-5,9H2,1-3H3,(H,26,32)/t13-/m0/s1. The van der Waals surface area contributed by atoms with Crippen molar-refractivity contribution in [3.05, 3.63) is 47.8 Å². The van der Waals surface area contributed by atoms with Crippen LogP contribution in [0.1, 0.15) is 22.5 Å². The highest BCUT2D eigenvalue weighted by Gasteiger charge is 2.28. The van der Waals surface area contributed by atoms with Crippen LogP contribution in [0.15, 0.2) is 30.7 Å². The molecular formula is C22H24FN7O2. The second-order valence-electron chi connectivity index (χ2n) is 8.22. The number of nitrogens with one attached hydrogen (secondary N) is 2. The summed E-state index contributed by atoms with van der Waals surface area (Å²) in [6.45, 7) is 3.31. The minimum Gasteiger partial charge on any atom is -0.506 e. The molecule has 1 amide bonds. The summed E-state index contributed by atoms with van der Waals surface area (Å²) in [6, 6.07) is 3.00. The monoisotopic (exact) mass is 437 g/mol. The Bertz CT molecular complexity index is 1360. The number of halogens is 1. The molecule has 3 aromatic heterocycles. The van der Waals surface area contributed by atoms with Gasteiger partial charge in [-0.15, -0.1) is 0 Å². The number of pyridine rings is 1. The molecule has 0 radical (unpaired) electrons. The van der Waals surface area contributed by atoms with Gasteiger partial charge in [0.2, 0.25) is 0 Å². The van der Waals surface area contributed by atoms with Gasteiger partial charge in [0.1, 0.15) is 11.3 Å². The first-order valence-corrected chi connectivity index (χ1v) is 10.4. The normalized spacial score (nSPS) is 16.4. The van der Waals surface area contributed by atoms with Gasteiger partial charge in [-0.3, -0.25) is 9.48 Å². The highest BCUT2D eigenvalue weighted by Crippen LogP contribution is 2.39. The summed E-state index contributed by atoms with van der Waals surface area (Å²) < 4.78 is 17.6. The van der Waals surface area contributed by atoms with Crippen molar-refractivity contribution in [2.45, 2.75) is 19.4 Å². The lowest BCUT2D eigenvalue weighted by Crippen LogP contribution is -2.29. The van der Waals surface area contributed by atoms with E-state index in [1.807, 2.05) is 7.05 Å². The van der Waals surface area contributed by atoms with Gasteiger partial charge in [0, 0.05) is 56.2 Å². The number of phenols is 1. The van der Waals surface area contributed by atoms with E-state index in [0.717, 1.165) is 19.5 Å². The SMILES string of the molecule is CN[C@H]1CCN(c2c(O)cc(C(=O)Nc3cc(F)c4nc(C)cn4c3)c3nn(C)cc23)C1. The Hall–Kier alpha value is -3.66. The van der Waals surface area contributed by atoms with E-state index < -0.39 is 11.7 Å². The third-order valence-electron chi connectivity index (χ3n) is 5.90. The van der Waals surface area contributed by atoms with Gasteiger partial charge in [-0.05, 0) is 26.5 Å². The first-order valence-electron chi connectivity index (χ1n) is 10.4. The number of benzene rings is 1. The Balaban J connectivity index is 1.53. The number of aryl methyl sites for hydroxylation is 2. The quantitative estimate of drug-likeness (QED) is 0.454. The van der Waals surface area contributed by atoms with Gasteiger partial charge < -0.3 is 25.0 Å². The highest BCUT2D eigenvalue weighted by atomic mass is 19.1. The summed E-state index contributed by atoms with van der Waals surface area (Å²) in [7, 11) is 3.69. The summed E-state index contributed by atoms with van der Waals surface area (Å²) in [5.41, 5.74) is 2.51. The van der Waals surface area contributed by atoms with E-state index in [0.29, 0.717) is 28.3 Å². The smallest absolute Gasteiger partial charge is 0.258 e. The number of aromatic hydroxyl groups is 1. The number of phenolic OH excluding ortho intramolecular Hbond substituents is 1. The van der Waals surface area contributed by atoms with Gasteiger partial charge in [-0.25, -0.2) is 9.37 Å². The lowest BCUT2D eigenvalue weighted by atomic mass is 10.1. The molecular weight excluding hydrogens is 413 g/mol. The Labute approximate surface area is 183 Å². The van der Waals surface area contributed by atoms with Gasteiger partial charge >= 0.3 is 0 Å². The fourth-order valence-electron chi connectivity index (χ4n) is 4.42. The zero-order valence-electron chi connectivity index (χ0n) is 18.1. The molecule has 0 saturated carbocycles. The van der Waals surface area contributed by atoms with E-state index >= 15 is 0 Å². The third kappa shape index (κ3) is 3.32. The molecule has 1 saturated heterocycles. The molecule has 0 bridgehead atoms. The molecule has 5 rings (SSSR count). The van der Waals surface area contributed by atoms with Crippen molar-refractivity contribution in [1.29, 1.82) is 0 Å². The van der Waals surface area contributed by atoms with Crippen molar-refractivity contribution >= 4 is 33.8 Å². The van der Waals surface area contributed by atoms with E-state index in [1.165, 1.54) is 16.5 Å². The number of rotatable bonds is 4. The average molecular weight is 437 g/mol. The van der Waals surface area contributed by atoms with Crippen molar-refractivity contribution in [3.63, 3.8) is 0 Å². The van der Waals surface area contributed by atoms with Crippen molar-refractivity contribution in [2.75, 3.05) is 30.4 Å². The molecule has 10 heteroatoms. The van der Waals surface area contributed by atoms with Crippen molar-refractivity contribution in [2.24, 2.45) is 7.05 Å². The van der Waals surface area contributed by atoms with Crippen LogP contribution >= 0.6 is 0 Å². The minimum absolute atomic E-state index is 0.0132. The number of hydrogen-bond acceptors (Lipinski definition) is 6. The fourth-order valence-corrected chi connectivity index (χ4v) is 4.42. The van der Waals surface area contributed by atoms with Crippen LogP contribution in [0.25, 0.3) is 16.6 Å². The van der Waals surface area contributed by atoms with Gasteiger partial charge in [-0.2, -0.15) is 5.10 Å². The molecule has 1 aliphatic rings. The maximum atomic E-state index is 14.4. The van der Waals surface area contributed by atoms with Crippen LogP contribution in [0.5, 0.6) is 5.75 Å². The Morgan fingerprint density at radius 1 is 1.28 bits per heavy atom. The van der Waals surface area contributed by atoms with E-state index in [-0.39, 0.29) is 22.6 Å². The molecule has 3 N–H and O–H groups in total. The van der Waals surface area contributed by atoms with Crippen LogP contribution in [-0.2, 0) is 7.05 Å². The zero-order chi connectivity index (χ0) is 22.6. The predicted octanol–water partition coefficient (Wildman–Crippen LogP) is 2.42. The molecule has 1 aliphatic heterocycles. The molecule has 0 unspecified atom stereocenters. The summed E-state index contributed by atoms with van der Waals surface area (Å²) in [6.07, 6.45) is 6.04. The number of carbonyl (C=O) groups excluding carboxylic acids is 1. The molecule has 1 fully saturated rings. The molecule has 4 heterocycles. The third-order valence-corrected chi connectivity index (χ3v) is 5.90. The van der Waals surface area contributed by atoms with Gasteiger partial charge in [0.25, 0.3) is 5.91 Å². The van der Waals surface area contributed by atoms with Crippen LogP contribution < -0.4 is 15.5 Å². The molecule has 166 valence electrons. The van der Waals surface area contributed by atoms with E-state index in [4.69, 9.17) is 0 Å². The second kappa shape index (κ2) is 7.49. The Kier molecular flexibility index (Phi) is 4.74. The summed E-state index contributed by atoms with van der Waals surface area (Å²) >= 11 is 0. The van der Waals surface area contributed by atoms with Crippen LogP contribution in [0.4, 0.5) is 15.8 Å². The summed E-state index contributed by atoms with van der Waals surface area (Å²) in [5.74, 6) is -1.01. The topological polar surface area (TPSA) is 99.7 Å². The highest BCUT2D eigenvalue weighted by molar-refractivity contribution is 6.15. The van der Waals surface area contributed by atoms with Gasteiger partial charge in [0.05, 0.1) is 22.6 Å². The van der Waals surface area contributed by atoms with Crippen LogP contribution in [0.2, 0.25) is 0 Å². The lowest BCUT2D eigenvalue weighted by molar-refractivity contribution is 0.102. The zero-order valence-corrected chi connectivity index (χ0v) is 18.1. The van der Waals surface area contributed by atoms with Crippen LogP contribution in [0, 0.1) is 12.7 Å². The van der Waals surface area contributed by atoms with Crippen molar-refractivity contribution in [1.82, 2.24) is 24.5 Å². The van der Waals surface area contributed by atoms with Crippen molar-refractivity contribution < 1.29 is 14.3 Å². The Morgan fingerprint density at radius 2 is 2.09 bits per heavy atom. The van der Waals surface area contributed by atoms with E-state index in [2.05, 4.69) is 25.6 Å². The number of amides is 1. The second-order valence-corrected chi connectivity index (χ2v) is 8.22.